The molecule has 0 aliphatic heterocycles. The van der Waals surface area contributed by atoms with Gasteiger partial charge in [-0.1, -0.05) is 0 Å². The zero-order valence-electron chi connectivity index (χ0n) is 8.58. The van der Waals surface area contributed by atoms with Crippen molar-refractivity contribution in [3.05, 3.63) is 23.4 Å². The van der Waals surface area contributed by atoms with Crippen LogP contribution in [0.5, 0.6) is 0 Å². The van der Waals surface area contributed by atoms with E-state index in [-0.39, 0.29) is 18.8 Å². The largest absolute Gasteiger partial charge is 0.384 e. The van der Waals surface area contributed by atoms with Crippen molar-refractivity contribution in [1.82, 2.24) is 4.98 Å². The van der Waals surface area contributed by atoms with Crippen LogP contribution in [0, 0.1) is 17.2 Å². The van der Waals surface area contributed by atoms with E-state index >= 15 is 0 Å². The third-order valence-electron chi connectivity index (χ3n) is 2.81. The summed E-state index contributed by atoms with van der Waals surface area (Å²) in [6.07, 6.45) is 1.67. The lowest BCUT2D eigenvalue weighted by molar-refractivity contribution is -0.109. The summed E-state index contributed by atoms with van der Waals surface area (Å²) in [5.74, 6) is -2.25. The summed E-state index contributed by atoms with van der Waals surface area (Å²) in [6.45, 7) is 0. The van der Waals surface area contributed by atoms with Gasteiger partial charge in [-0.25, -0.2) is 13.8 Å². The van der Waals surface area contributed by atoms with Crippen molar-refractivity contribution >= 4 is 5.82 Å². The Morgan fingerprint density at radius 3 is 2.81 bits per heavy atom. The molecule has 0 saturated heterocycles. The summed E-state index contributed by atoms with van der Waals surface area (Å²) < 4.78 is 25.3. The molecule has 1 heterocycles. The van der Waals surface area contributed by atoms with Gasteiger partial charge < -0.3 is 5.73 Å². The van der Waals surface area contributed by atoms with Crippen LogP contribution in [0.1, 0.15) is 24.0 Å². The second kappa shape index (κ2) is 3.71. The van der Waals surface area contributed by atoms with Crippen molar-refractivity contribution in [2.45, 2.75) is 25.2 Å². The topological polar surface area (TPSA) is 62.7 Å². The highest BCUT2D eigenvalue weighted by atomic mass is 19.3. The highest BCUT2D eigenvalue weighted by Gasteiger charge is 2.45. The third-order valence-corrected chi connectivity index (χ3v) is 2.81. The van der Waals surface area contributed by atoms with Crippen LogP contribution in [0.2, 0.25) is 0 Å². The van der Waals surface area contributed by atoms with E-state index in [1.54, 1.807) is 6.07 Å². The molecular formula is C11H11F2N3. The van der Waals surface area contributed by atoms with Gasteiger partial charge in [-0.3, -0.25) is 0 Å². The number of hydrogen-bond donors (Lipinski definition) is 1. The maximum absolute atomic E-state index is 12.7. The minimum Gasteiger partial charge on any atom is -0.384 e. The van der Waals surface area contributed by atoms with Crippen molar-refractivity contribution in [2.24, 2.45) is 5.92 Å². The number of anilines is 1. The van der Waals surface area contributed by atoms with Gasteiger partial charge in [0.15, 0.2) is 0 Å². The van der Waals surface area contributed by atoms with Crippen molar-refractivity contribution in [1.29, 1.82) is 5.26 Å². The molecule has 0 atom stereocenters. The highest BCUT2D eigenvalue weighted by Crippen LogP contribution is 2.44. The first-order valence-corrected chi connectivity index (χ1v) is 5.02. The molecule has 2 N–H and O–H groups in total. The molecule has 1 aliphatic rings. The number of nitriles is 1. The molecule has 0 aromatic carbocycles. The summed E-state index contributed by atoms with van der Waals surface area (Å²) in [6, 6.07) is 3.58. The fourth-order valence-electron chi connectivity index (χ4n) is 2.03. The van der Waals surface area contributed by atoms with E-state index in [0.29, 0.717) is 17.8 Å². The smallest absolute Gasteiger partial charge is 0.248 e. The van der Waals surface area contributed by atoms with Crippen LogP contribution in [0.3, 0.4) is 0 Å². The number of alkyl halides is 2. The number of pyridine rings is 1. The molecule has 1 aromatic heterocycles. The van der Waals surface area contributed by atoms with Gasteiger partial charge in [0, 0.05) is 19.0 Å². The van der Waals surface area contributed by atoms with Gasteiger partial charge >= 0.3 is 0 Å². The van der Waals surface area contributed by atoms with Crippen LogP contribution >= 0.6 is 0 Å². The Hall–Kier alpha value is -1.70. The van der Waals surface area contributed by atoms with Gasteiger partial charge in [0.2, 0.25) is 5.92 Å². The molecule has 0 unspecified atom stereocenters. The maximum Gasteiger partial charge on any atom is 0.248 e. The quantitative estimate of drug-likeness (QED) is 0.835. The molecule has 84 valence electrons. The van der Waals surface area contributed by atoms with Crippen LogP contribution in [0.15, 0.2) is 12.3 Å². The molecule has 5 heteroatoms. The zero-order chi connectivity index (χ0) is 11.8. The van der Waals surface area contributed by atoms with E-state index < -0.39 is 5.92 Å². The monoisotopic (exact) mass is 223 g/mol. The summed E-state index contributed by atoms with van der Waals surface area (Å²) in [4.78, 5) is 3.80. The van der Waals surface area contributed by atoms with Gasteiger partial charge in [-0.15, -0.1) is 0 Å². The summed E-state index contributed by atoms with van der Waals surface area (Å²) in [5, 5.41) is 8.84. The van der Waals surface area contributed by atoms with Gasteiger partial charge in [0.1, 0.15) is 11.9 Å². The van der Waals surface area contributed by atoms with E-state index in [0.717, 1.165) is 5.56 Å². The van der Waals surface area contributed by atoms with Crippen LogP contribution < -0.4 is 5.73 Å². The average Bonchev–Trinajstić information content (AvgIpc) is 2.15. The summed E-state index contributed by atoms with van der Waals surface area (Å²) >= 11 is 0. The predicted molar refractivity (Wildman–Crippen MR) is 54.7 cm³/mol. The third kappa shape index (κ3) is 2.11. The van der Waals surface area contributed by atoms with Gasteiger partial charge in [0.05, 0.1) is 5.56 Å². The Balaban J connectivity index is 2.10. The lowest BCUT2D eigenvalue weighted by Crippen LogP contribution is -2.36. The molecule has 2 rings (SSSR count). The first-order chi connectivity index (χ1) is 7.50. The van der Waals surface area contributed by atoms with Crippen molar-refractivity contribution < 1.29 is 8.78 Å². The SMILES string of the molecule is N#Cc1cnc(N)cc1CC1CC(F)(F)C1. The van der Waals surface area contributed by atoms with E-state index in [1.807, 2.05) is 6.07 Å². The fourth-order valence-corrected chi connectivity index (χ4v) is 2.03. The van der Waals surface area contributed by atoms with Crippen LogP contribution in [0.25, 0.3) is 0 Å². The van der Waals surface area contributed by atoms with Crippen molar-refractivity contribution in [2.75, 3.05) is 5.73 Å². The number of nitrogens with two attached hydrogens (primary N) is 1. The normalized spacial score (nSPS) is 18.8. The fraction of sp³-hybridized carbons (Fsp3) is 0.455. The van der Waals surface area contributed by atoms with Gasteiger partial charge in [0.25, 0.3) is 0 Å². The summed E-state index contributed by atoms with van der Waals surface area (Å²) in [7, 11) is 0. The molecule has 0 amide bonds. The molecule has 1 saturated carbocycles. The molecule has 1 fully saturated rings. The van der Waals surface area contributed by atoms with Crippen molar-refractivity contribution in [3.63, 3.8) is 0 Å². The number of rotatable bonds is 2. The van der Waals surface area contributed by atoms with E-state index in [4.69, 9.17) is 11.0 Å². The molecule has 3 nitrogen and oxygen atoms in total. The highest BCUT2D eigenvalue weighted by molar-refractivity contribution is 5.43. The molecule has 0 bridgehead atoms. The average molecular weight is 223 g/mol. The Kier molecular flexibility index (Phi) is 2.50. The number of nitrogen functional groups attached to an aromatic ring is 1. The standard InChI is InChI=1S/C11H11F2N3/c12-11(13)3-7(4-11)1-8-2-10(15)16-6-9(8)5-14/h2,6-7H,1,3-4H2,(H2,15,16). The number of halogens is 2. The number of nitrogens with zero attached hydrogens (tertiary/aromatic N) is 2. The Morgan fingerprint density at radius 1 is 1.56 bits per heavy atom. The van der Waals surface area contributed by atoms with E-state index in [2.05, 4.69) is 4.98 Å². The minimum absolute atomic E-state index is 0.0519. The molecule has 0 radical (unpaired) electrons. The molecule has 0 spiro atoms. The van der Waals surface area contributed by atoms with E-state index in [9.17, 15) is 8.78 Å². The van der Waals surface area contributed by atoms with Crippen LogP contribution in [0.4, 0.5) is 14.6 Å². The Morgan fingerprint density at radius 2 is 2.25 bits per heavy atom. The minimum atomic E-state index is -2.52. The van der Waals surface area contributed by atoms with Crippen molar-refractivity contribution in [3.8, 4) is 6.07 Å². The first-order valence-electron chi connectivity index (χ1n) is 5.02. The van der Waals surface area contributed by atoms with Crippen LogP contribution in [-0.2, 0) is 6.42 Å². The van der Waals surface area contributed by atoms with Gasteiger partial charge in [-0.05, 0) is 24.0 Å². The second-order valence-corrected chi connectivity index (χ2v) is 4.21. The first kappa shape index (κ1) is 10.8. The number of hydrogen-bond acceptors (Lipinski definition) is 3. The molecule has 1 aliphatic carbocycles. The second-order valence-electron chi connectivity index (χ2n) is 4.21. The number of aromatic nitrogens is 1. The lowest BCUT2D eigenvalue weighted by atomic mass is 9.77. The van der Waals surface area contributed by atoms with Gasteiger partial charge in [-0.2, -0.15) is 5.26 Å². The maximum atomic E-state index is 12.7. The summed E-state index contributed by atoms with van der Waals surface area (Å²) in [5.41, 5.74) is 6.64. The van der Waals surface area contributed by atoms with E-state index in [1.165, 1.54) is 6.20 Å². The lowest BCUT2D eigenvalue weighted by Gasteiger charge is -2.35. The zero-order valence-corrected chi connectivity index (χ0v) is 8.58. The Bertz CT molecular complexity index is 443. The predicted octanol–water partition coefficient (Wildman–Crippen LogP) is 2.12. The molecule has 16 heavy (non-hydrogen) atoms. The van der Waals surface area contributed by atoms with Crippen LogP contribution in [-0.4, -0.2) is 10.9 Å². The molecule has 1 aromatic rings. The molecular weight excluding hydrogens is 212 g/mol. The Labute approximate surface area is 91.9 Å².